The van der Waals surface area contributed by atoms with E-state index in [1.54, 1.807) is 0 Å². The van der Waals surface area contributed by atoms with Crippen LogP contribution in [0.1, 0.15) is 36.6 Å². The monoisotopic (exact) mass is 474 g/mol. The maximum Gasteiger partial charge on any atom is 0.161 e. The average molecular weight is 475 g/mol. The number of piperazine rings is 1. The fourth-order valence-corrected chi connectivity index (χ4v) is 4.52. The zero-order chi connectivity index (χ0) is 24.5. The summed E-state index contributed by atoms with van der Waals surface area (Å²) in [4.78, 5) is 14.7. The Kier molecular flexibility index (Phi) is 9.23. The lowest BCUT2D eigenvalue weighted by molar-refractivity contribution is 0.0150. The van der Waals surface area contributed by atoms with Gasteiger partial charge in [0.2, 0.25) is 0 Å². The van der Waals surface area contributed by atoms with Crippen LogP contribution in [-0.4, -0.2) is 72.0 Å². The molecule has 0 saturated carbocycles. The Hall–Kier alpha value is -2.80. The van der Waals surface area contributed by atoms with Gasteiger partial charge in [-0.3, -0.25) is 4.90 Å². The lowest BCUT2D eigenvalue weighted by Gasteiger charge is -2.37. The summed E-state index contributed by atoms with van der Waals surface area (Å²) in [6.45, 7) is 9.55. The van der Waals surface area contributed by atoms with Gasteiger partial charge in [-0.25, -0.2) is 9.97 Å². The van der Waals surface area contributed by atoms with Crippen molar-refractivity contribution in [3.63, 3.8) is 0 Å². The van der Waals surface area contributed by atoms with Crippen LogP contribution in [0.4, 0.5) is 5.82 Å². The number of aryl methyl sites for hydroxylation is 1. The maximum absolute atomic E-state index is 10.4. The van der Waals surface area contributed by atoms with Crippen LogP contribution in [0.25, 0.3) is 11.4 Å². The fraction of sp³-hybridized carbons (Fsp3) is 0.448. The van der Waals surface area contributed by atoms with Crippen LogP contribution >= 0.6 is 0 Å². The van der Waals surface area contributed by atoms with E-state index in [4.69, 9.17) is 14.7 Å². The van der Waals surface area contributed by atoms with Crippen LogP contribution in [0.2, 0.25) is 0 Å². The van der Waals surface area contributed by atoms with Crippen molar-refractivity contribution in [1.82, 2.24) is 14.9 Å². The van der Waals surface area contributed by atoms with Gasteiger partial charge in [-0.1, -0.05) is 74.0 Å². The van der Waals surface area contributed by atoms with Crippen LogP contribution in [0, 0.1) is 6.92 Å². The van der Waals surface area contributed by atoms with Gasteiger partial charge >= 0.3 is 0 Å². The predicted octanol–water partition coefficient (Wildman–Crippen LogP) is 4.34. The van der Waals surface area contributed by atoms with Crippen molar-refractivity contribution in [2.24, 2.45) is 0 Å². The minimum Gasteiger partial charge on any atom is -0.389 e. The average Bonchev–Trinajstić information content (AvgIpc) is 2.89. The number of nitrogens with zero attached hydrogens (tertiary/aromatic N) is 4. The van der Waals surface area contributed by atoms with Crippen molar-refractivity contribution < 1.29 is 9.84 Å². The molecule has 3 aromatic rings. The summed E-state index contributed by atoms with van der Waals surface area (Å²) in [6, 6.07) is 20.8. The number of ether oxygens (including phenoxy) is 1. The molecule has 1 N–H and O–H groups in total. The number of hydrogen-bond acceptors (Lipinski definition) is 6. The van der Waals surface area contributed by atoms with E-state index in [-0.39, 0.29) is 0 Å². The Morgan fingerprint density at radius 2 is 1.63 bits per heavy atom. The molecule has 1 atom stereocenters. The molecule has 1 saturated heterocycles. The van der Waals surface area contributed by atoms with E-state index in [9.17, 15) is 5.11 Å². The fourth-order valence-electron chi connectivity index (χ4n) is 4.52. The summed E-state index contributed by atoms with van der Waals surface area (Å²) in [7, 11) is 0. The first-order chi connectivity index (χ1) is 17.1. The zero-order valence-corrected chi connectivity index (χ0v) is 21.1. The number of hydrogen-bond donors (Lipinski definition) is 1. The Bertz CT molecular complexity index is 1040. The maximum atomic E-state index is 10.4. The van der Waals surface area contributed by atoms with Crippen molar-refractivity contribution in [3.8, 4) is 11.4 Å². The Balaban J connectivity index is 1.49. The first-order valence-electron chi connectivity index (χ1n) is 12.8. The zero-order valence-electron chi connectivity index (χ0n) is 21.1. The summed E-state index contributed by atoms with van der Waals surface area (Å²) < 4.78 is 5.60. The standard InChI is InChI=1S/C29H38N4O2/c1-3-4-19-35-22-26(34)21-32-15-17-33(18-16-32)29-27(20-24-11-7-5-8-12-24)23(2)30-28(31-29)25-13-9-6-10-14-25/h5-14,26,34H,3-4,15-22H2,1-2H3/t26-/m0/s1. The number of aliphatic hydroxyl groups is 1. The van der Waals surface area contributed by atoms with Crippen LogP contribution in [0.5, 0.6) is 0 Å². The number of aliphatic hydroxyl groups excluding tert-OH is 1. The second kappa shape index (κ2) is 12.8. The highest BCUT2D eigenvalue weighted by Gasteiger charge is 2.24. The lowest BCUT2D eigenvalue weighted by Crippen LogP contribution is -2.49. The molecule has 1 aromatic heterocycles. The predicted molar refractivity (Wildman–Crippen MR) is 142 cm³/mol. The highest BCUT2D eigenvalue weighted by Crippen LogP contribution is 2.28. The van der Waals surface area contributed by atoms with Gasteiger partial charge in [0.25, 0.3) is 0 Å². The highest BCUT2D eigenvalue weighted by atomic mass is 16.5. The molecular weight excluding hydrogens is 436 g/mol. The van der Waals surface area contributed by atoms with Crippen molar-refractivity contribution in [1.29, 1.82) is 0 Å². The third-order valence-electron chi connectivity index (χ3n) is 6.54. The summed E-state index contributed by atoms with van der Waals surface area (Å²) in [6.07, 6.45) is 2.52. The molecule has 1 aliphatic rings. The third-order valence-corrected chi connectivity index (χ3v) is 6.54. The van der Waals surface area contributed by atoms with E-state index in [0.29, 0.717) is 13.2 Å². The van der Waals surface area contributed by atoms with Crippen molar-refractivity contribution in [2.75, 3.05) is 50.8 Å². The molecule has 0 amide bonds. The summed E-state index contributed by atoms with van der Waals surface area (Å²) >= 11 is 0. The smallest absolute Gasteiger partial charge is 0.161 e. The number of unbranched alkanes of at least 4 members (excludes halogenated alkanes) is 1. The molecule has 6 nitrogen and oxygen atoms in total. The Labute approximate surface area is 209 Å². The topological polar surface area (TPSA) is 61.7 Å². The van der Waals surface area contributed by atoms with E-state index in [0.717, 1.165) is 74.9 Å². The first kappa shape index (κ1) is 25.3. The molecular formula is C29H38N4O2. The van der Waals surface area contributed by atoms with Gasteiger partial charge in [0.1, 0.15) is 5.82 Å². The van der Waals surface area contributed by atoms with Crippen molar-refractivity contribution in [3.05, 3.63) is 77.5 Å². The molecule has 4 rings (SSSR count). The number of rotatable bonds is 11. The molecule has 0 spiro atoms. The van der Waals surface area contributed by atoms with Gasteiger partial charge in [-0.15, -0.1) is 0 Å². The quantitative estimate of drug-likeness (QED) is 0.417. The normalized spacial score (nSPS) is 15.3. The van der Waals surface area contributed by atoms with Gasteiger partial charge in [0.05, 0.1) is 12.7 Å². The third kappa shape index (κ3) is 7.10. The van der Waals surface area contributed by atoms with Gasteiger partial charge in [-0.05, 0) is 18.9 Å². The van der Waals surface area contributed by atoms with Crippen LogP contribution < -0.4 is 4.90 Å². The molecule has 6 heteroatoms. The van der Waals surface area contributed by atoms with E-state index in [1.807, 2.05) is 18.2 Å². The van der Waals surface area contributed by atoms with Crippen molar-refractivity contribution >= 4 is 5.82 Å². The van der Waals surface area contributed by atoms with Crippen LogP contribution in [0.15, 0.2) is 60.7 Å². The summed E-state index contributed by atoms with van der Waals surface area (Å²) in [5.41, 5.74) is 4.51. The molecule has 0 bridgehead atoms. The molecule has 186 valence electrons. The summed E-state index contributed by atoms with van der Waals surface area (Å²) in [5.74, 6) is 1.81. The van der Waals surface area contributed by atoms with E-state index in [1.165, 1.54) is 11.1 Å². The molecule has 1 aliphatic heterocycles. The van der Waals surface area contributed by atoms with Gasteiger partial charge < -0.3 is 14.7 Å². The van der Waals surface area contributed by atoms with Gasteiger partial charge in [0.15, 0.2) is 5.82 Å². The molecule has 0 unspecified atom stereocenters. The molecule has 2 heterocycles. The van der Waals surface area contributed by atoms with Crippen LogP contribution in [-0.2, 0) is 11.2 Å². The van der Waals surface area contributed by atoms with Gasteiger partial charge in [-0.2, -0.15) is 0 Å². The minimum atomic E-state index is -0.446. The Morgan fingerprint density at radius 3 is 2.31 bits per heavy atom. The number of benzene rings is 2. The molecule has 2 aromatic carbocycles. The van der Waals surface area contributed by atoms with Gasteiger partial charge in [0, 0.05) is 62.6 Å². The number of β-amino-alcohol motifs (C(OH)–C–C–N with tert-alkyl or cyclic N) is 1. The second-order valence-corrected chi connectivity index (χ2v) is 9.33. The minimum absolute atomic E-state index is 0.410. The largest absolute Gasteiger partial charge is 0.389 e. The van der Waals surface area contributed by atoms with Crippen LogP contribution in [0.3, 0.4) is 0 Å². The molecule has 0 radical (unpaired) electrons. The molecule has 0 aliphatic carbocycles. The second-order valence-electron chi connectivity index (χ2n) is 9.33. The van der Waals surface area contributed by atoms with E-state index in [2.05, 4.69) is 66.1 Å². The SMILES string of the molecule is CCCCOC[C@@H](O)CN1CCN(c2nc(-c3ccccc3)nc(C)c2Cc2ccccc2)CC1. The number of anilines is 1. The Morgan fingerprint density at radius 1 is 0.943 bits per heavy atom. The first-order valence-corrected chi connectivity index (χ1v) is 12.8. The van der Waals surface area contributed by atoms with Crippen molar-refractivity contribution in [2.45, 2.75) is 39.2 Å². The highest BCUT2D eigenvalue weighted by molar-refractivity contribution is 5.61. The molecule has 1 fully saturated rings. The summed E-state index contributed by atoms with van der Waals surface area (Å²) in [5, 5.41) is 10.4. The van der Waals surface area contributed by atoms with E-state index < -0.39 is 6.10 Å². The van der Waals surface area contributed by atoms with E-state index >= 15 is 0 Å². The lowest BCUT2D eigenvalue weighted by atomic mass is 10.0. The molecule has 35 heavy (non-hydrogen) atoms. The number of aromatic nitrogens is 2.